The highest BCUT2D eigenvalue weighted by molar-refractivity contribution is 8.16. The molecule has 0 aromatic heterocycles. The van der Waals surface area contributed by atoms with Gasteiger partial charge in [0, 0.05) is 16.7 Å². The van der Waals surface area contributed by atoms with E-state index in [0.29, 0.717) is 33.8 Å². The van der Waals surface area contributed by atoms with Crippen molar-refractivity contribution in [1.82, 2.24) is 0 Å². The number of fused-ring (bicyclic) bond motifs is 1. The Bertz CT molecular complexity index is 1170. The average molecular weight is 493 g/mol. The molecule has 32 heavy (non-hydrogen) atoms. The molecule has 2 saturated heterocycles. The number of carbonyl (C=O) groups excluding carboxylic acids is 1. The maximum Gasteiger partial charge on any atom is 0.248 e. The van der Waals surface area contributed by atoms with Gasteiger partial charge in [0.05, 0.1) is 23.2 Å². The fourth-order valence-corrected chi connectivity index (χ4v) is 8.00. The Hall–Kier alpha value is -2.03. The predicted octanol–water partition coefficient (Wildman–Crippen LogP) is 5.23. The number of halogens is 1. The predicted molar refractivity (Wildman–Crippen MR) is 131 cm³/mol. The number of hydrogen-bond acceptors (Lipinski definition) is 5. The molecule has 9 heteroatoms. The summed E-state index contributed by atoms with van der Waals surface area (Å²) in [5.41, 5.74) is 1.67. The number of ether oxygens (including phenoxy) is 1. The number of anilines is 1. The van der Waals surface area contributed by atoms with Crippen molar-refractivity contribution in [3.8, 4) is 11.5 Å². The van der Waals surface area contributed by atoms with Gasteiger partial charge in [0.15, 0.2) is 20.8 Å². The topological polar surface area (TPSA) is 76.0 Å². The largest absolute Gasteiger partial charge is 0.455 e. The molecule has 0 radical (unpaired) electrons. The van der Waals surface area contributed by atoms with Crippen LogP contribution in [0.3, 0.4) is 0 Å². The molecule has 0 N–H and O–H groups in total. The number of sulfone groups is 1. The van der Waals surface area contributed by atoms with Gasteiger partial charge in [-0.1, -0.05) is 48.8 Å². The van der Waals surface area contributed by atoms with Crippen molar-refractivity contribution in [3.05, 3.63) is 53.1 Å². The second-order valence-electron chi connectivity index (χ2n) is 8.09. The summed E-state index contributed by atoms with van der Waals surface area (Å²) in [7, 11) is -3.18. The zero-order valence-electron chi connectivity index (χ0n) is 18.0. The van der Waals surface area contributed by atoms with E-state index >= 15 is 0 Å². The highest BCUT2D eigenvalue weighted by Gasteiger charge is 2.50. The second-order valence-corrected chi connectivity index (χ2v) is 11.9. The third-order valence-corrected chi connectivity index (χ3v) is 8.87. The minimum Gasteiger partial charge on any atom is -0.455 e. The molecule has 2 aromatic rings. The number of aliphatic imine (C=N–C) groups is 1. The summed E-state index contributed by atoms with van der Waals surface area (Å²) in [6.45, 7) is 4.00. The number of amides is 1. The van der Waals surface area contributed by atoms with E-state index in [4.69, 9.17) is 16.3 Å². The standard InChI is InChI=1S/C23H25ClN2O4S2/c1-3-4-8-22(27)25-23-26(19-13-32(28,29)14-21(19)31-23)18-12-16(24)9-10-20(18)30-17-7-5-6-15(2)11-17/h5-7,9-12,19,21H,3-4,8,13-14H2,1-2H3. The molecule has 1 amide bonds. The summed E-state index contributed by atoms with van der Waals surface area (Å²) < 4.78 is 30.9. The van der Waals surface area contributed by atoms with Crippen molar-refractivity contribution < 1.29 is 17.9 Å². The molecule has 4 rings (SSSR count). The number of benzene rings is 2. The molecule has 2 heterocycles. The number of hydrogen-bond donors (Lipinski definition) is 0. The molecular weight excluding hydrogens is 468 g/mol. The van der Waals surface area contributed by atoms with Gasteiger partial charge in [-0.3, -0.25) is 4.79 Å². The molecule has 2 fully saturated rings. The summed E-state index contributed by atoms with van der Waals surface area (Å²) in [4.78, 5) is 18.7. The minimum absolute atomic E-state index is 0.00321. The Balaban J connectivity index is 1.76. The van der Waals surface area contributed by atoms with Crippen LogP contribution in [0.25, 0.3) is 0 Å². The molecule has 0 bridgehead atoms. The molecule has 170 valence electrons. The van der Waals surface area contributed by atoms with Crippen molar-refractivity contribution >= 4 is 50.0 Å². The number of carbonyl (C=O) groups is 1. The van der Waals surface area contributed by atoms with E-state index in [0.717, 1.165) is 18.4 Å². The molecule has 0 spiro atoms. The van der Waals surface area contributed by atoms with Crippen LogP contribution in [0.15, 0.2) is 47.5 Å². The molecule has 2 aromatic carbocycles. The summed E-state index contributed by atoms with van der Waals surface area (Å²) in [6, 6.07) is 12.6. The molecule has 0 aliphatic carbocycles. The SMILES string of the molecule is CCCCC(=O)N=C1SC2CS(=O)(=O)CC2N1c1cc(Cl)ccc1Oc1cccc(C)c1. The monoisotopic (exact) mass is 492 g/mol. The van der Waals surface area contributed by atoms with E-state index in [1.165, 1.54) is 11.8 Å². The first-order valence-electron chi connectivity index (χ1n) is 10.6. The van der Waals surface area contributed by atoms with E-state index < -0.39 is 9.84 Å². The lowest BCUT2D eigenvalue weighted by atomic mass is 10.2. The van der Waals surface area contributed by atoms with Gasteiger partial charge in [-0.05, 0) is 49.2 Å². The lowest BCUT2D eigenvalue weighted by Crippen LogP contribution is -2.38. The van der Waals surface area contributed by atoms with E-state index in [-0.39, 0.29) is 28.7 Å². The van der Waals surface area contributed by atoms with Crippen LogP contribution in [0.1, 0.15) is 31.7 Å². The van der Waals surface area contributed by atoms with Gasteiger partial charge in [-0.15, -0.1) is 0 Å². The maximum atomic E-state index is 12.5. The van der Waals surface area contributed by atoms with Crippen LogP contribution in [-0.4, -0.2) is 42.3 Å². The van der Waals surface area contributed by atoms with E-state index in [1.807, 2.05) is 43.0 Å². The Morgan fingerprint density at radius 1 is 1.25 bits per heavy atom. The molecule has 0 saturated carbocycles. The van der Waals surface area contributed by atoms with Gasteiger partial charge in [-0.2, -0.15) is 4.99 Å². The highest BCUT2D eigenvalue weighted by atomic mass is 35.5. The van der Waals surface area contributed by atoms with Gasteiger partial charge < -0.3 is 9.64 Å². The molecule has 6 nitrogen and oxygen atoms in total. The molecule has 2 unspecified atom stereocenters. The van der Waals surface area contributed by atoms with Crippen LogP contribution < -0.4 is 9.64 Å². The first-order valence-corrected chi connectivity index (χ1v) is 13.7. The number of nitrogens with zero attached hydrogens (tertiary/aromatic N) is 2. The molecule has 2 atom stereocenters. The van der Waals surface area contributed by atoms with Crippen molar-refractivity contribution in [2.75, 3.05) is 16.4 Å². The number of unbranched alkanes of at least 4 members (excludes halogenated alkanes) is 1. The van der Waals surface area contributed by atoms with Crippen molar-refractivity contribution in [1.29, 1.82) is 0 Å². The van der Waals surface area contributed by atoms with Crippen LogP contribution in [0.2, 0.25) is 5.02 Å². The van der Waals surface area contributed by atoms with E-state index in [9.17, 15) is 13.2 Å². The Kier molecular flexibility index (Phi) is 6.83. The van der Waals surface area contributed by atoms with Crippen molar-refractivity contribution in [2.45, 2.75) is 44.4 Å². The lowest BCUT2D eigenvalue weighted by molar-refractivity contribution is -0.117. The maximum absolute atomic E-state index is 12.5. The smallest absolute Gasteiger partial charge is 0.248 e. The van der Waals surface area contributed by atoms with E-state index in [2.05, 4.69) is 4.99 Å². The van der Waals surface area contributed by atoms with Gasteiger partial charge in [0.25, 0.3) is 0 Å². The third kappa shape index (κ3) is 5.13. The number of aryl methyl sites for hydroxylation is 1. The Labute approximate surface area is 197 Å². The van der Waals surface area contributed by atoms with E-state index in [1.54, 1.807) is 18.2 Å². The summed E-state index contributed by atoms with van der Waals surface area (Å²) in [6.07, 6.45) is 2.03. The second kappa shape index (κ2) is 9.45. The Morgan fingerprint density at radius 2 is 2.06 bits per heavy atom. The highest BCUT2D eigenvalue weighted by Crippen LogP contribution is 2.45. The average Bonchev–Trinajstić information content (AvgIpc) is 3.18. The normalized spacial score (nSPS) is 22.8. The van der Waals surface area contributed by atoms with Crippen LogP contribution in [0.5, 0.6) is 11.5 Å². The number of amidine groups is 1. The Morgan fingerprint density at radius 3 is 2.81 bits per heavy atom. The van der Waals surface area contributed by atoms with Gasteiger partial charge in [0.2, 0.25) is 5.91 Å². The third-order valence-electron chi connectivity index (χ3n) is 5.43. The quantitative estimate of drug-likeness (QED) is 0.549. The first kappa shape index (κ1) is 23.1. The first-order chi connectivity index (χ1) is 15.3. The molecule has 2 aliphatic rings. The van der Waals surface area contributed by atoms with Gasteiger partial charge in [-0.25, -0.2) is 8.42 Å². The van der Waals surface area contributed by atoms with Gasteiger partial charge in [0.1, 0.15) is 5.75 Å². The van der Waals surface area contributed by atoms with Crippen molar-refractivity contribution in [3.63, 3.8) is 0 Å². The number of thioether (sulfide) groups is 1. The van der Waals surface area contributed by atoms with Crippen LogP contribution >= 0.6 is 23.4 Å². The summed E-state index contributed by atoms with van der Waals surface area (Å²) in [5, 5.41) is 0.804. The van der Waals surface area contributed by atoms with Crippen LogP contribution in [0, 0.1) is 6.92 Å². The fraction of sp³-hybridized carbons (Fsp3) is 0.391. The molecular formula is C23H25ClN2O4S2. The van der Waals surface area contributed by atoms with Crippen LogP contribution in [-0.2, 0) is 14.6 Å². The minimum atomic E-state index is -3.18. The summed E-state index contributed by atoms with van der Waals surface area (Å²) >= 11 is 7.68. The zero-order chi connectivity index (χ0) is 22.9. The summed E-state index contributed by atoms with van der Waals surface area (Å²) in [5.74, 6) is 1.05. The van der Waals surface area contributed by atoms with Crippen molar-refractivity contribution in [2.24, 2.45) is 4.99 Å². The van der Waals surface area contributed by atoms with Gasteiger partial charge >= 0.3 is 0 Å². The fourth-order valence-electron chi connectivity index (χ4n) is 3.91. The zero-order valence-corrected chi connectivity index (χ0v) is 20.3. The van der Waals surface area contributed by atoms with Crippen LogP contribution in [0.4, 0.5) is 5.69 Å². The number of rotatable bonds is 6. The lowest BCUT2D eigenvalue weighted by Gasteiger charge is -2.27. The molecule has 2 aliphatic heterocycles.